The lowest BCUT2D eigenvalue weighted by molar-refractivity contribution is -0.136. The van der Waals surface area contributed by atoms with Gasteiger partial charge in [0.25, 0.3) is 31.7 Å². The van der Waals surface area contributed by atoms with Gasteiger partial charge in [0.15, 0.2) is 0 Å². The van der Waals surface area contributed by atoms with Crippen LogP contribution < -0.4 is 20.3 Å². The topological polar surface area (TPSA) is 189 Å². The van der Waals surface area contributed by atoms with Crippen LogP contribution in [-0.2, 0) is 42.5 Å². The summed E-state index contributed by atoms with van der Waals surface area (Å²) in [6, 6.07) is 27.8. The fourth-order valence-electron chi connectivity index (χ4n) is 13.2. The molecule has 462 valence electrons. The number of piperazine rings is 2. The number of sulfonamides is 1. The summed E-state index contributed by atoms with van der Waals surface area (Å²) in [7, 11) is -11.1. The lowest BCUT2D eigenvalue weighted by Gasteiger charge is -2.52. The van der Waals surface area contributed by atoms with Crippen molar-refractivity contribution >= 4 is 83.8 Å². The van der Waals surface area contributed by atoms with Crippen LogP contribution in [0, 0.1) is 11.2 Å². The number of hydrogen-bond acceptors (Lipinski definition) is 14. The molecule has 0 spiro atoms. The Balaban J connectivity index is 0.737. The molecule has 4 atom stereocenters. The van der Waals surface area contributed by atoms with Crippen molar-refractivity contribution in [1.29, 1.82) is 0 Å². The predicted molar refractivity (Wildman–Crippen MR) is 326 cm³/mol. The average molecular weight is 1270 g/mol. The molecule has 5 fully saturated rings. The van der Waals surface area contributed by atoms with E-state index in [9.17, 15) is 49.2 Å². The number of nitrogens with zero attached hydrogens (tertiary/aromatic N) is 5. The highest BCUT2D eigenvalue weighted by Crippen LogP contribution is 2.44. The molecule has 12 rings (SSSR count). The number of carbonyl (C=O) groups excluding carboxylic acids is 4. The van der Waals surface area contributed by atoms with Crippen molar-refractivity contribution in [2.45, 2.75) is 123 Å². The zero-order valence-electron chi connectivity index (χ0n) is 48.3. The quantitative estimate of drug-likeness (QED) is 0.0403. The lowest BCUT2D eigenvalue weighted by Crippen LogP contribution is -2.62. The summed E-state index contributed by atoms with van der Waals surface area (Å²) in [5, 5.41) is 6.02. The lowest BCUT2D eigenvalue weighted by atomic mass is 9.73. The largest absolute Gasteiger partial charge is 0.501 e. The Morgan fingerprint density at radius 3 is 2.21 bits per heavy atom. The van der Waals surface area contributed by atoms with E-state index >= 15 is 4.39 Å². The van der Waals surface area contributed by atoms with E-state index in [1.807, 2.05) is 47.2 Å². The van der Waals surface area contributed by atoms with E-state index in [1.54, 1.807) is 18.2 Å². The molecule has 7 aliphatic rings. The molecule has 24 heteroatoms. The van der Waals surface area contributed by atoms with Crippen LogP contribution in [0.25, 0.3) is 5.57 Å². The van der Waals surface area contributed by atoms with Crippen LogP contribution in [0.5, 0.6) is 0 Å². The Morgan fingerprint density at radius 2 is 1.53 bits per heavy atom. The number of benzene rings is 5. The molecule has 5 saturated heterocycles. The molecule has 0 saturated carbocycles. The zero-order valence-corrected chi connectivity index (χ0v) is 51.5. The maximum Gasteiger partial charge on any atom is 0.501 e. The maximum absolute atomic E-state index is 15.7. The molecule has 0 aromatic heterocycles. The first kappa shape index (κ1) is 62.3. The van der Waals surface area contributed by atoms with Crippen LogP contribution >= 0.6 is 23.4 Å². The molecule has 4 amide bonds. The summed E-state index contributed by atoms with van der Waals surface area (Å²) in [6.07, 6.45) is 5.37. The van der Waals surface area contributed by atoms with Gasteiger partial charge in [0, 0.05) is 117 Å². The number of rotatable bonds is 19. The third-order valence-electron chi connectivity index (χ3n) is 17.8. The number of hydrogen-bond donors (Lipinski definition) is 3. The van der Waals surface area contributed by atoms with Gasteiger partial charge in [0.1, 0.15) is 16.8 Å². The van der Waals surface area contributed by atoms with E-state index in [-0.39, 0.29) is 53.8 Å². The smallest absolute Gasteiger partial charge is 0.380 e. The third-order valence-corrected chi connectivity index (χ3v) is 22.1. The number of allylic oxidation sites excluding steroid dienone is 1. The number of amides is 4. The number of thioether (sulfide) groups is 1. The van der Waals surface area contributed by atoms with Crippen LogP contribution in [-0.4, -0.2) is 148 Å². The Bertz CT molecular complexity index is 3720. The summed E-state index contributed by atoms with van der Waals surface area (Å²) >= 11 is 7.63. The summed E-state index contributed by atoms with van der Waals surface area (Å²) in [5.41, 5.74) is -0.226. The molecule has 6 heterocycles. The first-order valence-electron chi connectivity index (χ1n) is 29.3. The molecule has 5 aromatic carbocycles. The number of piperidine rings is 3. The molecule has 5 aromatic rings. The molecule has 2 bridgehead atoms. The van der Waals surface area contributed by atoms with E-state index in [0.29, 0.717) is 67.9 Å². The molecule has 0 radical (unpaired) electrons. The highest BCUT2D eigenvalue weighted by molar-refractivity contribution is 7.99. The van der Waals surface area contributed by atoms with Crippen molar-refractivity contribution in [3.63, 3.8) is 0 Å². The van der Waals surface area contributed by atoms with Crippen LogP contribution in [0.1, 0.15) is 103 Å². The van der Waals surface area contributed by atoms with Gasteiger partial charge in [0.2, 0.25) is 11.8 Å². The van der Waals surface area contributed by atoms with Crippen molar-refractivity contribution in [2.24, 2.45) is 5.41 Å². The first-order valence-corrected chi connectivity index (χ1v) is 33.7. The molecule has 3 unspecified atom stereocenters. The average Bonchev–Trinajstić information content (AvgIpc) is 1.92. The fraction of sp³-hybridized carbons (Fsp3) is 0.429. The van der Waals surface area contributed by atoms with Gasteiger partial charge < -0.3 is 15.1 Å². The Kier molecular flexibility index (Phi) is 18.1. The van der Waals surface area contributed by atoms with E-state index in [2.05, 4.69) is 56.2 Å². The molecule has 3 N–H and O–H groups in total. The van der Waals surface area contributed by atoms with Crippen LogP contribution in [0.4, 0.5) is 28.9 Å². The highest BCUT2D eigenvalue weighted by Gasteiger charge is 2.49. The van der Waals surface area contributed by atoms with Crippen molar-refractivity contribution in [3.8, 4) is 0 Å². The van der Waals surface area contributed by atoms with E-state index < -0.39 is 82.4 Å². The standard InChI is InChI=1S/C63H69ClF4N8O8S3/c1-62(2)24-22-52(41-8-12-45(64)13-9-41)44(33-62)35-72-26-28-73(29-27-72)47-14-10-42(11-15-47)59(78)71-87(83,84)51-18-19-54(56(32-51)86(81,82)63(66,67)68)69-46(39-85-50-6-4-3-5-7-50)23-25-74-37-49-17-16-48(74)38-75(49)34-40-30-43-36-76(61(80)58(43)53(65)31-40)55-20-21-57(77)70-60(55)79/h3-15,18-19,30-32,46,48-49,55,69H,16-17,20-29,33-39H2,1-2H3,(H,71,78)(H,70,77,79)/t46-,48?,49?,55?/m1/s1. The number of anilines is 2. The van der Waals surface area contributed by atoms with E-state index in [0.717, 1.165) is 74.5 Å². The SMILES string of the molecule is CC1(C)CCC(c2ccc(Cl)cc2)=C(CN2CCN(c3ccc(C(=O)NS(=O)(=O)c4ccc(N[C@H](CCN5CC6CCC5CN6Cc5cc(F)c6c(c5)CN(C5CCC(=O)NC5=O)C6=O)CSc5ccccc5)c(S(=O)(=O)C(F)(F)F)c4)cc3)CC2)C1. The number of sulfone groups is 1. The van der Waals surface area contributed by atoms with Gasteiger partial charge in [-0.2, -0.15) is 13.2 Å². The second-order valence-electron chi connectivity index (χ2n) is 24.4. The number of alkyl halides is 3. The van der Waals surface area contributed by atoms with Crippen LogP contribution in [0.2, 0.25) is 5.02 Å². The molecular weight excluding hydrogens is 1200 g/mol. The van der Waals surface area contributed by atoms with Crippen molar-refractivity contribution < 1.29 is 53.6 Å². The predicted octanol–water partition coefficient (Wildman–Crippen LogP) is 9.75. The van der Waals surface area contributed by atoms with Crippen molar-refractivity contribution in [1.82, 2.24) is 29.6 Å². The summed E-state index contributed by atoms with van der Waals surface area (Å²) in [5.74, 6) is -3.05. The highest BCUT2D eigenvalue weighted by atomic mass is 35.5. The fourth-order valence-corrected chi connectivity index (χ4v) is 16.3. The van der Waals surface area contributed by atoms with Gasteiger partial charge in [-0.3, -0.25) is 39.2 Å². The molecule has 16 nitrogen and oxygen atoms in total. The zero-order chi connectivity index (χ0) is 61.6. The van der Waals surface area contributed by atoms with Crippen molar-refractivity contribution in [2.75, 3.05) is 68.3 Å². The number of halogens is 5. The second kappa shape index (κ2) is 25.3. The maximum atomic E-state index is 15.7. The Morgan fingerprint density at radius 1 is 0.828 bits per heavy atom. The molecular formula is C63H69ClF4N8O8S3. The van der Waals surface area contributed by atoms with Crippen LogP contribution in [0.15, 0.2) is 129 Å². The summed E-state index contributed by atoms with van der Waals surface area (Å²) in [4.78, 5) is 60.5. The first-order chi connectivity index (χ1) is 41.4. The van der Waals surface area contributed by atoms with Gasteiger partial charge >= 0.3 is 5.51 Å². The normalized spacial score (nSPS) is 21.7. The van der Waals surface area contributed by atoms with E-state index in [1.165, 1.54) is 51.6 Å². The number of carbonyl (C=O) groups is 4. The minimum absolute atomic E-state index is 0.0350. The Hall–Kier alpha value is -6.34. The molecule has 87 heavy (non-hydrogen) atoms. The Labute approximate surface area is 514 Å². The number of nitrogens with one attached hydrogen (secondary N) is 3. The minimum atomic E-state index is -6.17. The molecule has 1 aliphatic carbocycles. The summed E-state index contributed by atoms with van der Waals surface area (Å²) < 4.78 is 116. The van der Waals surface area contributed by atoms with E-state index in [4.69, 9.17) is 11.6 Å². The van der Waals surface area contributed by atoms with Gasteiger partial charge in [-0.1, -0.05) is 67.4 Å². The molecule has 6 aliphatic heterocycles. The second-order valence-corrected chi connectivity index (χ2v) is 29.5. The van der Waals surface area contributed by atoms with Gasteiger partial charge in [-0.05, 0) is 145 Å². The third kappa shape index (κ3) is 13.9. The van der Waals surface area contributed by atoms with Gasteiger partial charge in [-0.15, -0.1) is 11.8 Å². The van der Waals surface area contributed by atoms with Crippen LogP contribution in [0.3, 0.4) is 0 Å². The van der Waals surface area contributed by atoms with Gasteiger partial charge in [0.05, 0.1) is 16.1 Å². The van der Waals surface area contributed by atoms with Crippen molar-refractivity contribution in [3.05, 3.63) is 153 Å². The number of fused-ring (bicyclic) bond motifs is 4. The monoisotopic (exact) mass is 1270 g/mol. The number of imide groups is 1. The minimum Gasteiger partial charge on any atom is -0.380 e. The van der Waals surface area contributed by atoms with Gasteiger partial charge in [-0.25, -0.2) is 25.9 Å². The summed E-state index contributed by atoms with van der Waals surface area (Å²) in [6.45, 7) is 10.6.